The van der Waals surface area contributed by atoms with Gasteiger partial charge in [0, 0.05) is 13.0 Å². The van der Waals surface area contributed by atoms with E-state index >= 15 is 0 Å². The highest BCUT2D eigenvalue weighted by atomic mass is 16.1. The Morgan fingerprint density at radius 2 is 1.52 bits per heavy atom. The normalized spacial score (nSPS) is 12.0. The van der Waals surface area contributed by atoms with Crippen LogP contribution < -0.4 is 5.32 Å². The number of amides is 1. The van der Waals surface area contributed by atoms with Crippen molar-refractivity contribution in [2.24, 2.45) is 5.41 Å². The van der Waals surface area contributed by atoms with E-state index in [-0.39, 0.29) is 5.91 Å². The highest BCUT2D eigenvalue weighted by molar-refractivity contribution is 5.75. The fourth-order valence-electron chi connectivity index (χ4n) is 2.62. The van der Waals surface area contributed by atoms with Gasteiger partial charge in [0.05, 0.1) is 0 Å². The fraction of sp³-hybridized carbons (Fsp3) is 0.857. The third-order valence-corrected chi connectivity index (χ3v) is 4.14. The summed E-state index contributed by atoms with van der Waals surface area (Å²) < 4.78 is 0. The lowest BCUT2D eigenvalue weighted by Crippen LogP contribution is -2.22. The first-order chi connectivity index (χ1) is 11.0. The molecule has 2 heteroatoms. The maximum absolute atomic E-state index is 11.7. The van der Waals surface area contributed by atoms with E-state index in [1.54, 1.807) is 0 Å². The van der Waals surface area contributed by atoms with Gasteiger partial charge < -0.3 is 5.32 Å². The lowest BCUT2D eigenvalue weighted by molar-refractivity contribution is -0.121. The SMILES string of the molecule is CCCCCC/C=C\CNC(=O)CCCCCCCC(C)(C)C. The molecular weight excluding hydrogens is 282 g/mol. The van der Waals surface area contributed by atoms with E-state index in [0.717, 1.165) is 12.8 Å². The van der Waals surface area contributed by atoms with Crippen LogP contribution in [-0.4, -0.2) is 12.5 Å². The van der Waals surface area contributed by atoms with Crippen molar-refractivity contribution in [2.75, 3.05) is 6.54 Å². The Kier molecular flexibility index (Phi) is 14.3. The van der Waals surface area contributed by atoms with Crippen LogP contribution in [-0.2, 0) is 4.79 Å². The van der Waals surface area contributed by atoms with Crippen LogP contribution in [0, 0.1) is 5.41 Å². The summed E-state index contributed by atoms with van der Waals surface area (Å²) in [5.41, 5.74) is 0.462. The number of nitrogens with one attached hydrogen (secondary N) is 1. The molecule has 136 valence electrons. The highest BCUT2D eigenvalue weighted by Gasteiger charge is 2.08. The molecule has 0 bridgehead atoms. The van der Waals surface area contributed by atoms with Crippen LogP contribution in [0.2, 0.25) is 0 Å². The Morgan fingerprint density at radius 3 is 2.22 bits per heavy atom. The molecule has 0 aliphatic carbocycles. The Bertz CT molecular complexity index is 301. The Hall–Kier alpha value is -0.790. The average molecular weight is 324 g/mol. The maximum atomic E-state index is 11.7. The van der Waals surface area contributed by atoms with Gasteiger partial charge in [-0.25, -0.2) is 0 Å². The topological polar surface area (TPSA) is 29.1 Å². The van der Waals surface area contributed by atoms with Gasteiger partial charge >= 0.3 is 0 Å². The van der Waals surface area contributed by atoms with Gasteiger partial charge in [-0.15, -0.1) is 0 Å². The molecule has 1 N–H and O–H groups in total. The highest BCUT2D eigenvalue weighted by Crippen LogP contribution is 2.22. The molecule has 0 unspecified atom stereocenters. The van der Waals surface area contributed by atoms with E-state index in [1.807, 2.05) is 0 Å². The smallest absolute Gasteiger partial charge is 0.220 e. The van der Waals surface area contributed by atoms with Crippen molar-refractivity contribution in [1.82, 2.24) is 5.32 Å². The summed E-state index contributed by atoms with van der Waals surface area (Å²) >= 11 is 0. The monoisotopic (exact) mass is 323 g/mol. The molecule has 1 amide bonds. The quantitative estimate of drug-likeness (QED) is 0.290. The minimum Gasteiger partial charge on any atom is -0.353 e. The van der Waals surface area contributed by atoms with E-state index < -0.39 is 0 Å². The largest absolute Gasteiger partial charge is 0.353 e. The number of carbonyl (C=O) groups excluding carboxylic acids is 1. The summed E-state index contributed by atoms with van der Waals surface area (Å²) in [7, 11) is 0. The second-order valence-corrected chi connectivity index (χ2v) is 7.95. The summed E-state index contributed by atoms with van der Waals surface area (Å²) in [5.74, 6) is 0.204. The number of rotatable bonds is 14. The minimum atomic E-state index is 0.204. The number of hydrogen-bond acceptors (Lipinski definition) is 1. The van der Waals surface area contributed by atoms with Crippen molar-refractivity contribution in [2.45, 2.75) is 105 Å². The zero-order chi connectivity index (χ0) is 17.4. The Labute approximate surface area is 145 Å². The molecule has 0 saturated heterocycles. The molecule has 0 heterocycles. The van der Waals surface area contributed by atoms with Crippen molar-refractivity contribution in [3.63, 3.8) is 0 Å². The molecule has 0 aliphatic rings. The van der Waals surface area contributed by atoms with Gasteiger partial charge in [-0.3, -0.25) is 4.79 Å². The molecule has 23 heavy (non-hydrogen) atoms. The lowest BCUT2D eigenvalue weighted by atomic mass is 9.89. The number of allylic oxidation sites excluding steroid dienone is 1. The van der Waals surface area contributed by atoms with Gasteiger partial charge in [0.15, 0.2) is 0 Å². The summed E-state index contributed by atoms with van der Waals surface area (Å²) in [6.45, 7) is 9.83. The third-order valence-electron chi connectivity index (χ3n) is 4.14. The predicted octanol–water partition coefficient (Wildman–Crippen LogP) is 6.41. The Morgan fingerprint density at radius 1 is 0.870 bits per heavy atom. The molecule has 2 nitrogen and oxygen atoms in total. The van der Waals surface area contributed by atoms with Crippen LogP contribution in [0.1, 0.15) is 105 Å². The second kappa shape index (κ2) is 14.8. The van der Waals surface area contributed by atoms with E-state index in [2.05, 4.69) is 45.2 Å². The van der Waals surface area contributed by atoms with Crippen LogP contribution in [0.3, 0.4) is 0 Å². The summed E-state index contributed by atoms with van der Waals surface area (Å²) in [6, 6.07) is 0. The standard InChI is InChI=1S/C21H41NO/c1-5-6-7-8-9-13-16-19-22-20(23)17-14-11-10-12-15-18-21(2,3)4/h13,16H,5-12,14-15,17-19H2,1-4H3,(H,22,23)/b16-13-. The van der Waals surface area contributed by atoms with Crippen molar-refractivity contribution >= 4 is 5.91 Å². The molecule has 0 fully saturated rings. The summed E-state index contributed by atoms with van der Waals surface area (Å²) in [6.07, 6.45) is 18.7. The van der Waals surface area contributed by atoms with Crippen molar-refractivity contribution < 1.29 is 4.79 Å². The van der Waals surface area contributed by atoms with Gasteiger partial charge in [0.25, 0.3) is 0 Å². The lowest BCUT2D eigenvalue weighted by Gasteiger charge is -2.17. The molecule has 0 aromatic heterocycles. The molecule has 0 aliphatic heterocycles. The molecule has 0 atom stereocenters. The Balaban J connectivity index is 3.32. The minimum absolute atomic E-state index is 0.204. The van der Waals surface area contributed by atoms with Crippen molar-refractivity contribution in [1.29, 1.82) is 0 Å². The first-order valence-electron chi connectivity index (χ1n) is 9.87. The molecule has 0 aromatic carbocycles. The first-order valence-corrected chi connectivity index (χ1v) is 9.87. The van der Waals surface area contributed by atoms with Gasteiger partial charge in [0.1, 0.15) is 0 Å². The third kappa shape index (κ3) is 19.2. The van der Waals surface area contributed by atoms with Crippen LogP contribution in [0.25, 0.3) is 0 Å². The zero-order valence-corrected chi connectivity index (χ0v) is 16.3. The van der Waals surface area contributed by atoms with Crippen LogP contribution in [0.4, 0.5) is 0 Å². The zero-order valence-electron chi connectivity index (χ0n) is 16.3. The van der Waals surface area contributed by atoms with Gasteiger partial charge in [0.2, 0.25) is 5.91 Å². The molecule has 0 aromatic rings. The molecule has 0 rings (SSSR count). The van der Waals surface area contributed by atoms with Crippen LogP contribution in [0.15, 0.2) is 12.2 Å². The van der Waals surface area contributed by atoms with Crippen LogP contribution in [0.5, 0.6) is 0 Å². The molecular formula is C21H41NO. The molecule has 0 saturated carbocycles. The first kappa shape index (κ1) is 22.2. The maximum Gasteiger partial charge on any atom is 0.220 e. The molecule has 0 radical (unpaired) electrons. The predicted molar refractivity (Wildman–Crippen MR) is 103 cm³/mol. The van der Waals surface area contributed by atoms with Crippen molar-refractivity contribution in [3.05, 3.63) is 12.2 Å². The van der Waals surface area contributed by atoms with E-state index in [9.17, 15) is 4.79 Å². The number of carbonyl (C=O) groups is 1. The summed E-state index contributed by atoms with van der Waals surface area (Å²) in [5, 5.41) is 2.98. The number of unbranched alkanes of at least 4 members (excludes halogenated alkanes) is 8. The fourth-order valence-corrected chi connectivity index (χ4v) is 2.62. The average Bonchev–Trinajstić information content (AvgIpc) is 2.48. The van der Waals surface area contributed by atoms with Gasteiger partial charge in [-0.1, -0.05) is 84.8 Å². The molecule has 0 spiro atoms. The van der Waals surface area contributed by atoms with E-state index in [0.29, 0.717) is 18.4 Å². The second-order valence-electron chi connectivity index (χ2n) is 7.95. The van der Waals surface area contributed by atoms with Gasteiger partial charge in [-0.2, -0.15) is 0 Å². The van der Waals surface area contributed by atoms with E-state index in [1.165, 1.54) is 57.8 Å². The van der Waals surface area contributed by atoms with Crippen LogP contribution >= 0.6 is 0 Å². The van der Waals surface area contributed by atoms with Gasteiger partial charge in [-0.05, 0) is 31.1 Å². The van der Waals surface area contributed by atoms with E-state index in [4.69, 9.17) is 0 Å². The number of hydrogen-bond donors (Lipinski definition) is 1. The van der Waals surface area contributed by atoms with Crippen molar-refractivity contribution in [3.8, 4) is 0 Å². The summed E-state index contributed by atoms with van der Waals surface area (Å²) in [4.78, 5) is 11.7.